The van der Waals surface area contributed by atoms with Gasteiger partial charge in [0.1, 0.15) is 23.8 Å². The number of nitrogens with zero attached hydrogens (tertiary/aromatic N) is 2. The average molecular weight is 525 g/mol. The van der Waals surface area contributed by atoms with Gasteiger partial charge in [0.2, 0.25) is 5.91 Å². The van der Waals surface area contributed by atoms with Crippen LogP contribution in [0.3, 0.4) is 0 Å². The van der Waals surface area contributed by atoms with Gasteiger partial charge in [-0.05, 0) is 51.8 Å². The molecule has 0 N–H and O–H groups in total. The van der Waals surface area contributed by atoms with Crippen molar-refractivity contribution < 1.29 is 23.5 Å². The minimum atomic E-state index is -1.05. The molecule has 2 aliphatic heterocycles. The topological polar surface area (TPSA) is 59.1 Å². The summed E-state index contributed by atoms with van der Waals surface area (Å²) in [6, 6.07) is 13.8. The van der Waals surface area contributed by atoms with Crippen molar-refractivity contribution in [2.24, 2.45) is 0 Å². The van der Waals surface area contributed by atoms with Crippen molar-refractivity contribution in [3.8, 4) is 5.75 Å². The van der Waals surface area contributed by atoms with Crippen LogP contribution in [0.15, 0.2) is 48.5 Å². The van der Waals surface area contributed by atoms with Crippen LogP contribution < -0.4 is 4.74 Å². The van der Waals surface area contributed by atoms with E-state index >= 15 is 0 Å². The van der Waals surface area contributed by atoms with Crippen LogP contribution >= 0.6 is 0 Å². The second kappa shape index (κ2) is 12.7. The second-order valence-electron chi connectivity index (χ2n) is 10.9. The molecule has 2 aliphatic rings. The maximum absolute atomic E-state index is 14.6. The summed E-state index contributed by atoms with van der Waals surface area (Å²) >= 11 is 0. The first-order chi connectivity index (χ1) is 18.3. The van der Waals surface area contributed by atoms with E-state index in [0.29, 0.717) is 43.1 Å². The minimum absolute atomic E-state index is 0.0423. The van der Waals surface area contributed by atoms with Crippen molar-refractivity contribution in [2.45, 2.75) is 76.9 Å². The third-order valence-corrected chi connectivity index (χ3v) is 7.80. The van der Waals surface area contributed by atoms with Crippen LogP contribution in [0.2, 0.25) is 0 Å². The fraction of sp³-hybridized carbons (Fsp3) is 0.548. The van der Waals surface area contributed by atoms with Gasteiger partial charge in [0.15, 0.2) is 0 Å². The maximum atomic E-state index is 14.6. The van der Waals surface area contributed by atoms with E-state index in [0.717, 1.165) is 45.1 Å². The Kier molecular flexibility index (Phi) is 9.42. The van der Waals surface area contributed by atoms with E-state index in [4.69, 9.17) is 9.47 Å². The normalized spacial score (nSPS) is 21.9. The van der Waals surface area contributed by atoms with Crippen LogP contribution in [-0.2, 0) is 14.9 Å². The number of benzene rings is 2. The highest BCUT2D eigenvalue weighted by atomic mass is 19.1. The number of rotatable bonds is 3. The molecule has 0 radical (unpaired) electrons. The summed E-state index contributed by atoms with van der Waals surface area (Å²) in [5.41, 5.74) is -0.153. The Hall–Kier alpha value is -2.93. The predicted molar refractivity (Wildman–Crippen MR) is 146 cm³/mol. The molecule has 6 nitrogen and oxygen atoms in total. The molecule has 0 unspecified atom stereocenters. The van der Waals surface area contributed by atoms with E-state index in [-0.39, 0.29) is 17.9 Å². The molecular formula is C31H41FN2O4. The van der Waals surface area contributed by atoms with E-state index in [9.17, 15) is 14.0 Å². The Morgan fingerprint density at radius 1 is 0.947 bits per heavy atom. The maximum Gasteiger partial charge on any atom is 0.257 e. The summed E-state index contributed by atoms with van der Waals surface area (Å²) in [4.78, 5) is 30.8. The van der Waals surface area contributed by atoms with Gasteiger partial charge in [-0.25, -0.2) is 4.39 Å². The summed E-state index contributed by atoms with van der Waals surface area (Å²) in [5, 5.41) is 0. The molecule has 4 rings (SSSR count). The Morgan fingerprint density at radius 3 is 2.37 bits per heavy atom. The van der Waals surface area contributed by atoms with E-state index < -0.39 is 17.3 Å². The zero-order valence-electron chi connectivity index (χ0n) is 23.0. The van der Waals surface area contributed by atoms with Gasteiger partial charge in [-0.1, -0.05) is 56.0 Å². The number of ether oxygens (including phenoxy) is 2. The largest absolute Gasteiger partial charge is 0.485 e. The molecule has 2 aromatic rings. The number of amides is 2. The highest BCUT2D eigenvalue weighted by Crippen LogP contribution is 2.32. The molecule has 206 valence electrons. The molecule has 2 amide bonds. The number of halogens is 1. The summed E-state index contributed by atoms with van der Waals surface area (Å²) < 4.78 is 27.4. The lowest BCUT2D eigenvalue weighted by Crippen LogP contribution is -2.43. The minimum Gasteiger partial charge on any atom is -0.485 e. The molecule has 1 fully saturated rings. The predicted octanol–water partition coefficient (Wildman–Crippen LogP) is 5.59. The van der Waals surface area contributed by atoms with Crippen LogP contribution in [0.4, 0.5) is 4.39 Å². The van der Waals surface area contributed by atoms with Crippen molar-refractivity contribution in [1.82, 2.24) is 9.80 Å². The van der Waals surface area contributed by atoms with Gasteiger partial charge in [-0.2, -0.15) is 0 Å². The fourth-order valence-electron chi connectivity index (χ4n) is 5.49. The lowest BCUT2D eigenvalue weighted by atomic mass is 9.83. The number of hydrogen-bond donors (Lipinski definition) is 0. The first kappa shape index (κ1) is 28.1. The van der Waals surface area contributed by atoms with Gasteiger partial charge in [0, 0.05) is 25.3 Å². The van der Waals surface area contributed by atoms with Gasteiger partial charge >= 0.3 is 0 Å². The van der Waals surface area contributed by atoms with Crippen LogP contribution in [0.1, 0.15) is 75.2 Å². The zero-order chi connectivity index (χ0) is 27.1. The highest BCUT2D eigenvalue weighted by Gasteiger charge is 2.44. The third-order valence-electron chi connectivity index (χ3n) is 7.80. The second-order valence-corrected chi connectivity index (χ2v) is 10.9. The van der Waals surface area contributed by atoms with Gasteiger partial charge in [0.25, 0.3) is 5.91 Å². The molecule has 0 bridgehead atoms. The van der Waals surface area contributed by atoms with Crippen molar-refractivity contribution in [1.29, 1.82) is 0 Å². The molecule has 1 saturated heterocycles. The molecule has 0 saturated carbocycles. The Bertz CT molecular complexity index is 1100. The SMILES string of the molecule is CCN1CCCCCCCCO[C@@H]2CN(C(=O)C(C)(C)c3ccccc3F)C[C@H]2Oc2ccccc2C1=O. The number of para-hydroxylation sites is 1. The van der Waals surface area contributed by atoms with E-state index in [1.807, 2.05) is 30.0 Å². The van der Waals surface area contributed by atoms with Crippen LogP contribution in [0.5, 0.6) is 5.75 Å². The number of fused-ring (bicyclic) bond motifs is 2. The zero-order valence-corrected chi connectivity index (χ0v) is 23.0. The highest BCUT2D eigenvalue weighted by molar-refractivity contribution is 5.97. The first-order valence-corrected chi connectivity index (χ1v) is 14.0. The fourth-order valence-corrected chi connectivity index (χ4v) is 5.49. The van der Waals surface area contributed by atoms with Crippen LogP contribution in [0, 0.1) is 5.82 Å². The van der Waals surface area contributed by atoms with Crippen LogP contribution in [0.25, 0.3) is 0 Å². The number of carbonyl (C=O) groups is 2. The molecule has 7 heteroatoms. The van der Waals surface area contributed by atoms with Gasteiger partial charge in [0.05, 0.1) is 24.1 Å². The molecule has 38 heavy (non-hydrogen) atoms. The molecule has 0 spiro atoms. The first-order valence-electron chi connectivity index (χ1n) is 14.0. The lowest BCUT2D eigenvalue weighted by Gasteiger charge is -2.30. The van der Waals surface area contributed by atoms with Crippen molar-refractivity contribution >= 4 is 11.8 Å². The monoisotopic (exact) mass is 524 g/mol. The molecule has 0 aliphatic carbocycles. The molecule has 2 atom stereocenters. The Morgan fingerprint density at radius 2 is 1.61 bits per heavy atom. The average Bonchev–Trinajstić information content (AvgIpc) is 3.31. The summed E-state index contributed by atoms with van der Waals surface area (Å²) in [6.07, 6.45) is 5.62. The Balaban J connectivity index is 1.59. The summed E-state index contributed by atoms with van der Waals surface area (Å²) in [5.74, 6) is -0.103. The molecular weight excluding hydrogens is 483 g/mol. The number of likely N-dealkylation sites (tertiary alicyclic amines) is 1. The van der Waals surface area contributed by atoms with Crippen molar-refractivity contribution in [3.05, 3.63) is 65.5 Å². The molecule has 2 heterocycles. The molecule has 2 aromatic carbocycles. The van der Waals surface area contributed by atoms with Crippen molar-refractivity contribution in [3.63, 3.8) is 0 Å². The van der Waals surface area contributed by atoms with Gasteiger partial charge in [-0.15, -0.1) is 0 Å². The number of carbonyl (C=O) groups excluding carboxylic acids is 2. The van der Waals surface area contributed by atoms with E-state index in [2.05, 4.69) is 0 Å². The van der Waals surface area contributed by atoms with Gasteiger partial charge < -0.3 is 19.3 Å². The van der Waals surface area contributed by atoms with Crippen LogP contribution in [-0.4, -0.2) is 66.6 Å². The summed E-state index contributed by atoms with van der Waals surface area (Å²) in [7, 11) is 0. The lowest BCUT2D eigenvalue weighted by molar-refractivity contribution is -0.135. The molecule has 0 aromatic heterocycles. The number of hydrogen-bond acceptors (Lipinski definition) is 4. The smallest absolute Gasteiger partial charge is 0.257 e. The van der Waals surface area contributed by atoms with Gasteiger partial charge in [-0.3, -0.25) is 9.59 Å². The quantitative estimate of drug-likeness (QED) is 0.525. The Labute approximate surface area is 226 Å². The van der Waals surface area contributed by atoms with Crippen molar-refractivity contribution in [2.75, 3.05) is 32.8 Å². The standard InChI is InChI=1S/C31H41FN2O4/c1-4-33-19-13-7-5-6-8-14-20-37-27-21-34(30(36)31(2,3)24-16-10-11-17-25(24)32)22-28(27)38-26-18-12-9-15-23(26)29(33)35/h9-12,15-18,27-28H,4-8,13-14,19-22H2,1-3H3/t27-,28-/m1/s1. The van der Waals surface area contributed by atoms with E-state index in [1.165, 1.54) is 6.07 Å². The summed E-state index contributed by atoms with van der Waals surface area (Å²) in [6.45, 7) is 8.13. The third kappa shape index (κ3) is 6.37. The van der Waals surface area contributed by atoms with E-state index in [1.54, 1.807) is 43.0 Å².